The van der Waals surface area contributed by atoms with Crippen LogP contribution in [0.25, 0.3) is 0 Å². The number of ether oxygens (including phenoxy) is 1. The monoisotopic (exact) mass is 366 g/mol. The Kier molecular flexibility index (Phi) is 6.20. The number of anilines is 3. The van der Waals surface area contributed by atoms with Crippen LogP contribution < -0.4 is 15.4 Å². The summed E-state index contributed by atoms with van der Waals surface area (Å²) in [6.07, 6.45) is 0.575. The molecule has 0 fully saturated rings. The molecule has 0 bridgehead atoms. The highest BCUT2D eigenvalue weighted by molar-refractivity contribution is 5.63. The molecular formula is C21H23FN4O. The Bertz CT molecular complexity index is 901. The van der Waals surface area contributed by atoms with Crippen molar-refractivity contribution in [3.63, 3.8) is 0 Å². The SMILES string of the molecule is CCOc1ccccc1Nc1nc(C)cc(NCCc2ccccc2F)n1. The summed E-state index contributed by atoms with van der Waals surface area (Å²) in [6.45, 7) is 5.00. The quantitative estimate of drug-likeness (QED) is 0.604. The van der Waals surface area contributed by atoms with E-state index in [4.69, 9.17) is 4.74 Å². The number of halogens is 1. The zero-order valence-corrected chi connectivity index (χ0v) is 15.5. The molecular weight excluding hydrogens is 343 g/mol. The van der Waals surface area contributed by atoms with E-state index >= 15 is 0 Å². The fourth-order valence-corrected chi connectivity index (χ4v) is 2.71. The Balaban J connectivity index is 1.68. The molecule has 0 atom stereocenters. The maximum atomic E-state index is 13.7. The molecule has 3 aromatic rings. The van der Waals surface area contributed by atoms with Gasteiger partial charge in [-0.1, -0.05) is 30.3 Å². The lowest BCUT2D eigenvalue weighted by Gasteiger charge is -2.13. The van der Waals surface area contributed by atoms with E-state index in [0.29, 0.717) is 36.9 Å². The molecule has 27 heavy (non-hydrogen) atoms. The van der Waals surface area contributed by atoms with E-state index in [2.05, 4.69) is 20.6 Å². The normalized spacial score (nSPS) is 10.5. The van der Waals surface area contributed by atoms with E-state index in [1.807, 2.05) is 50.2 Å². The molecule has 1 heterocycles. The number of hydrogen-bond donors (Lipinski definition) is 2. The Hall–Kier alpha value is -3.15. The van der Waals surface area contributed by atoms with Gasteiger partial charge in [-0.2, -0.15) is 4.98 Å². The third-order valence-electron chi connectivity index (χ3n) is 3.95. The predicted molar refractivity (Wildman–Crippen MR) is 106 cm³/mol. The van der Waals surface area contributed by atoms with Crippen molar-refractivity contribution in [2.24, 2.45) is 0 Å². The van der Waals surface area contributed by atoms with Crippen molar-refractivity contribution in [2.75, 3.05) is 23.8 Å². The second kappa shape index (κ2) is 8.98. The van der Waals surface area contributed by atoms with E-state index in [1.54, 1.807) is 12.1 Å². The first-order valence-corrected chi connectivity index (χ1v) is 8.97. The van der Waals surface area contributed by atoms with Crippen molar-refractivity contribution in [3.05, 3.63) is 71.7 Å². The van der Waals surface area contributed by atoms with Crippen LogP contribution in [0.5, 0.6) is 5.75 Å². The van der Waals surface area contributed by atoms with Crippen LogP contribution in [0.4, 0.5) is 21.8 Å². The largest absolute Gasteiger partial charge is 0.492 e. The van der Waals surface area contributed by atoms with Crippen LogP contribution in [-0.4, -0.2) is 23.1 Å². The van der Waals surface area contributed by atoms with Crippen molar-refractivity contribution >= 4 is 17.5 Å². The van der Waals surface area contributed by atoms with Gasteiger partial charge in [-0.3, -0.25) is 0 Å². The third kappa shape index (κ3) is 5.17. The standard InChI is InChI=1S/C21H23FN4O/c1-3-27-19-11-7-6-10-18(19)25-21-24-15(2)14-20(26-21)23-13-12-16-8-4-5-9-17(16)22/h4-11,14H,3,12-13H2,1-2H3,(H2,23,24,25,26). The minimum absolute atomic E-state index is 0.187. The summed E-state index contributed by atoms with van der Waals surface area (Å²) in [4.78, 5) is 8.93. The summed E-state index contributed by atoms with van der Waals surface area (Å²) in [6, 6.07) is 16.3. The van der Waals surface area contributed by atoms with Crippen LogP contribution in [0.15, 0.2) is 54.6 Å². The van der Waals surface area contributed by atoms with Crippen molar-refractivity contribution in [1.82, 2.24) is 9.97 Å². The lowest BCUT2D eigenvalue weighted by atomic mass is 10.1. The molecule has 2 N–H and O–H groups in total. The summed E-state index contributed by atoms with van der Waals surface area (Å²) in [5, 5.41) is 6.45. The van der Waals surface area contributed by atoms with Crippen molar-refractivity contribution < 1.29 is 9.13 Å². The van der Waals surface area contributed by atoms with Crippen molar-refractivity contribution in [2.45, 2.75) is 20.3 Å². The molecule has 0 aliphatic heterocycles. The average molecular weight is 366 g/mol. The number of hydrogen-bond acceptors (Lipinski definition) is 5. The minimum atomic E-state index is -0.187. The summed E-state index contributed by atoms with van der Waals surface area (Å²) >= 11 is 0. The van der Waals surface area contributed by atoms with E-state index in [-0.39, 0.29) is 5.82 Å². The van der Waals surface area contributed by atoms with E-state index in [0.717, 1.165) is 17.1 Å². The number of para-hydroxylation sites is 2. The molecule has 1 aromatic heterocycles. The Labute approximate surface area is 158 Å². The van der Waals surface area contributed by atoms with Crippen LogP contribution in [0.1, 0.15) is 18.2 Å². The lowest BCUT2D eigenvalue weighted by Crippen LogP contribution is -2.09. The predicted octanol–water partition coefficient (Wildman–Crippen LogP) is 4.72. The molecule has 0 unspecified atom stereocenters. The van der Waals surface area contributed by atoms with Crippen LogP contribution in [0, 0.1) is 12.7 Å². The van der Waals surface area contributed by atoms with Gasteiger partial charge in [0.05, 0.1) is 12.3 Å². The van der Waals surface area contributed by atoms with Gasteiger partial charge in [0.15, 0.2) is 0 Å². The first kappa shape index (κ1) is 18.6. The summed E-state index contributed by atoms with van der Waals surface area (Å²) < 4.78 is 19.3. The van der Waals surface area contributed by atoms with Gasteiger partial charge in [0.1, 0.15) is 17.4 Å². The molecule has 0 saturated carbocycles. The molecule has 0 radical (unpaired) electrons. The molecule has 0 aliphatic carbocycles. The zero-order chi connectivity index (χ0) is 19.1. The van der Waals surface area contributed by atoms with Crippen LogP contribution >= 0.6 is 0 Å². The Morgan fingerprint density at radius 3 is 2.63 bits per heavy atom. The van der Waals surface area contributed by atoms with Gasteiger partial charge >= 0.3 is 0 Å². The van der Waals surface area contributed by atoms with E-state index in [9.17, 15) is 4.39 Å². The Morgan fingerprint density at radius 2 is 1.81 bits per heavy atom. The first-order chi connectivity index (χ1) is 13.2. The molecule has 0 spiro atoms. The molecule has 5 nitrogen and oxygen atoms in total. The van der Waals surface area contributed by atoms with Gasteiger partial charge in [-0.25, -0.2) is 9.37 Å². The van der Waals surface area contributed by atoms with E-state index in [1.165, 1.54) is 6.07 Å². The smallest absolute Gasteiger partial charge is 0.229 e. The highest BCUT2D eigenvalue weighted by Crippen LogP contribution is 2.26. The molecule has 0 saturated heterocycles. The van der Waals surface area contributed by atoms with Gasteiger partial charge < -0.3 is 15.4 Å². The number of aryl methyl sites for hydroxylation is 1. The molecule has 6 heteroatoms. The van der Waals surface area contributed by atoms with Crippen molar-refractivity contribution in [1.29, 1.82) is 0 Å². The highest BCUT2D eigenvalue weighted by atomic mass is 19.1. The second-order valence-electron chi connectivity index (χ2n) is 6.04. The summed E-state index contributed by atoms with van der Waals surface area (Å²) in [5.74, 6) is 1.73. The lowest BCUT2D eigenvalue weighted by molar-refractivity contribution is 0.342. The first-order valence-electron chi connectivity index (χ1n) is 8.97. The molecule has 0 amide bonds. The molecule has 0 aliphatic rings. The topological polar surface area (TPSA) is 59.1 Å². The van der Waals surface area contributed by atoms with Gasteiger partial charge in [-0.05, 0) is 44.0 Å². The van der Waals surface area contributed by atoms with Crippen LogP contribution in [0.2, 0.25) is 0 Å². The fourth-order valence-electron chi connectivity index (χ4n) is 2.71. The number of rotatable bonds is 8. The molecule has 3 rings (SSSR count). The molecule has 140 valence electrons. The number of nitrogens with one attached hydrogen (secondary N) is 2. The summed E-state index contributed by atoms with van der Waals surface area (Å²) in [7, 11) is 0. The highest BCUT2D eigenvalue weighted by Gasteiger charge is 2.07. The average Bonchev–Trinajstić information content (AvgIpc) is 2.65. The van der Waals surface area contributed by atoms with Gasteiger partial charge in [-0.15, -0.1) is 0 Å². The van der Waals surface area contributed by atoms with Gasteiger partial charge in [0.2, 0.25) is 5.95 Å². The van der Waals surface area contributed by atoms with Gasteiger partial charge in [0.25, 0.3) is 0 Å². The fraction of sp³-hybridized carbons (Fsp3) is 0.238. The van der Waals surface area contributed by atoms with E-state index < -0.39 is 0 Å². The summed E-state index contributed by atoms with van der Waals surface area (Å²) in [5.41, 5.74) is 2.32. The third-order valence-corrected chi connectivity index (χ3v) is 3.95. The number of benzene rings is 2. The second-order valence-corrected chi connectivity index (χ2v) is 6.04. The maximum Gasteiger partial charge on any atom is 0.229 e. The Morgan fingerprint density at radius 1 is 1.04 bits per heavy atom. The minimum Gasteiger partial charge on any atom is -0.492 e. The zero-order valence-electron chi connectivity index (χ0n) is 15.5. The van der Waals surface area contributed by atoms with Crippen molar-refractivity contribution in [3.8, 4) is 5.75 Å². The van der Waals surface area contributed by atoms with Crippen LogP contribution in [-0.2, 0) is 6.42 Å². The maximum absolute atomic E-state index is 13.7. The molecule has 2 aromatic carbocycles. The number of aromatic nitrogens is 2. The van der Waals surface area contributed by atoms with Gasteiger partial charge in [0, 0.05) is 18.3 Å². The van der Waals surface area contributed by atoms with Crippen LogP contribution in [0.3, 0.4) is 0 Å². The number of nitrogens with zero attached hydrogens (tertiary/aromatic N) is 2.